The Morgan fingerprint density at radius 1 is 1.09 bits per heavy atom. The number of allylic oxidation sites excluding steroid dienone is 1. The molecule has 4 aromatic rings. The fraction of sp³-hybridized carbons (Fsp3) is 0.0417. The maximum absolute atomic E-state index is 13.3. The third kappa shape index (κ3) is 4.44. The number of fused-ring (bicyclic) bond motifs is 1. The van der Waals surface area contributed by atoms with Gasteiger partial charge in [-0.1, -0.05) is 40.2 Å². The minimum absolute atomic E-state index is 0.0575. The molecule has 0 spiro atoms. The number of ether oxygens (including phenoxy) is 1. The first-order chi connectivity index (χ1) is 15.8. The predicted octanol–water partition coefficient (Wildman–Crippen LogP) is 4.90. The highest BCUT2D eigenvalue weighted by Crippen LogP contribution is 2.28. The summed E-state index contributed by atoms with van der Waals surface area (Å²) in [6.45, 7) is 1.79. The van der Waals surface area contributed by atoms with E-state index in [1.165, 1.54) is 22.7 Å². The quantitative estimate of drug-likeness (QED) is 0.346. The Hall–Kier alpha value is -3.74. The van der Waals surface area contributed by atoms with Crippen molar-refractivity contribution in [3.8, 4) is 17.7 Å². The Morgan fingerprint density at radius 3 is 2.45 bits per heavy atom. The Bertz CT molecular complexity index is 1590. The van der Waals surface area contributed by atoms with Gasteiger partial charge in [-0.2, -0.15) is 10.2 Å². The summed E-state index contributed by atoms with van der Waals surface area (Å²) >= 11 is 3.35. The van der Waals surface area contributed by atoms with Crippen LogP contribution in [0.4, 0.5) is 0 Å². The maximum atomic E-state index is 13.3. The summed E-state index contributed by atoms with van der Waals surface area (Å²) in [5.41, 5.74) is 0.364. The third-order valence-corrected chi connectivity index (χ3v) is 7.02. The minimum Gasteiger partial charge on any atom is -0.438 e. The van der Waals surface area contributed by atoms with Crippen LogP contribution in [0.2, 0.25) is 0 Å². The number of nitrogens with zero attached hydrogens (tertiary/aromatic N) is 3. The monoisotopic (exact) mass is 521 g/mol. The van der Waals surface area contributed by atoms with Gasteiger partial charge in [0.2, 0.25) is 15.7 Å². The summed E-state index contributed by atoms with van der Waals surface area (Å²) in [4.78, 5) is 17.2. The van der Waals surface area contributed by atoms with Crippen molar-refractivity contribution in [2.75, 3.05) is 0 Å². The highest BCUT2D eigenvalue weighted by atomic mass is 79.9. The number of sulfone groups is 1. The Kier molecular flexibility index (Phi) is 6.14. The maximum Gasteiger partial charge on any atom is 0.269 e. The van der Waals surface area contributed by atoms with E-state index in [1.54, 1.807) is 67.6 Å². The van der Waals surface area contributed by atoms with E-state index in [2.05, 4.69) is 20.9 Å². The molecule has 0 aliphatic carbocycles. The summed E-state index contributed by atoms with van der Waals surface area (Å²) in [5.74, 6) is 0.287. The van der Waals surface area contributed by atoms with Gasteiger partial charge >= 0.3 is 0 Å². The van der Waals surface area contributed by atoms with Gasteiger partial charge in [0.25, 0.3) is 5.56 Å². The second-order valence-corrected chi connectivity index (χ2v) is 9.85. The van der Waals surface area contributed by atoms with Crippen LogP contribution in [0.25, 0.3) is 11.7 Å². The van der Waals surface area contributed by atoms with Crippen LogP contribution in [0.3, 0.4) is 0 Å². The van der Waals surface area contributed by atoms with E-state index in [0.717, 1.165) is 16.1 Å². The fourth-order valence-corrected chi connectivity index (χ4v) is 4.56. The number of aryl methyl sites for hydroxylation is 1. The van der Waals surface area contributed by atoms with Crippen molar-refractivity contribution in [3.63, 3.8) is 0 Å². The molecule has 4 rings (SSSR count). The Labute approximate surface area is 198 Å². The SMILES string of the molecule is Cc1cccn2c(=O)c(C=C(C#N)S(=O)(=O)c3ccccc3)c(Oc3ccc(Br)cc3)nc12. The molecule has 7 nitrogen and oxygen atoms in total. The van der Waals surface area contributed by atoms with Gasteiger partial charge in [0.05, 0.1) is 4.90 Å². The van der Waals surface area contributed by atoms with E-state index < -0.39 is 20.3 Å². The standard InChI is InChI=1S/C24H16BrN3O4S/c1-16-6-5-13-28-22(16)27-23(32-18-11-9-17(25)10-12-18)21(24(28)29)14-20(15-26)33(30,31)19-7-3-2-4-8-19/h2-14H,1H3. The van der Waals surface area contributed by atoms with Crippen molar-refractivity contribution >= 4 is 37.5 Å². The molecule has 0 amide bonds. The summed E-state index contributed by atoms with van der Waals surface area (Å²) in [6, 6.07) is 19.6. The number of pyridine rings is 1. The smallest absolute Gasteiger partial charge is 0.269 e. The van der Waals surface area contributed by atoms with Gasteiger partial charge in [0, 0.05) is 10.7 Å². The Balaban J connectivity index is 1.97. The lowest BCUT2D eigenvalue weighted by Crippen LogP contribution is -2.20. The van der Waals surface area contributed by atoms with Crippen molar-refractivity contribution in [2.24, 2.45) is 0 Å². The first-order valence-electron chi connectivity index (χ1n) is 9.68. The molecule has 0 aliphatic rings. The van der Waals surface area contributed by atoms with E-state index in [0.29, 0.717) is 11.4 Å². The third-order valence-electron chi connectivity index (χ3n) is 4.81. The molecule has 0 aliphatic heterocycles. The van der Waals surface area contributed by atoms with Crippen LogP contribution < -0.4 is 10.3 Å². The van der Waals surface area contributed by atoms with Crippen molar-refractivity contribution in [3.05, 3.63) is 104 Å². The summed E-state index contributed by atoms with van der Waals surface area (Å²) in [5, 5.41) is 9.67. The lowest BCUT2D eigenvalue weighted by atomic mass is 10.2. The van der Waals surface area contributed by atoms with Gasteiger partial charge in [0.1, 0.15) is 27.9 Å². The predicted molar refractivity (Wildman–Crippen MR) is 128 cm³/mol. The fourth-order valence-electron chi connectivity index (χ4n) is 3.14. The van der Waals surface area contributed by atoms with E-state index in [-0.39, 0.29) is 16.3 Å². The molecule has 0 unspecified atom stereocenters. The van der Waals surface area contributed by atoms with E-state index in [4.69, 9.17) is 4.74 Å². The van der Waals surface area contributed by atoms with Crippen LogP contribution in [-0.2, 0) is 9.84 Å². The van der Waals surface area contributed by atoms with Crippen molar-refractivity contribution in [1.29, 1.82) is 5.26 Å². The summed E-state index contributed by atoms with van der Waals surface area (Å²) in [7, 11) is -4.16. The van der Waals surface area contributed by atoms with Crippen LogP contribution in [-0.4, -0.2) is 17.8 Å². The van der Waals surface area contributed by atoms with Crippen molar-refractivity contribution < 1.29 is 13.2 Å². The van der Waals surface area contributed by atoms with Crippen molar-refractivity contribution in [1.82, 2.24) is 9.38 Å². The first-order valence-corrected chi connectivity index (χ1v) is 12.0. The van der Waals surface area contributed by atoms with Gasteiger partial charge in [0.15, 0.2) is 0 Å². The molecular formula is C24H16BrN3O4S. The number of nitriles is 1. The number of aromatic nitrogens is 2. The van der Waals surface area contributed by atoms with Gasteiger partial charge in [-0.15, -0.1) is 0 Å². The highest BCUT2D eigenvalue weighted by molar-refractivity contribution is 9.10. The molecule has 2 aromatic heterocycles. The molecule has 33 heavy (non-hydrogen) atoms. The van der Waals surface area contributed by atoms with Crippen molar-refractivity contribution in [2.45, 2.75) is 11.8 Å². The molecule has 0 saturated heterocycles. The second-order valence-electron chi connectivity index (χ2n) is 7.01. The zero-order valence-corrected chi connectivity index (χ0v) is 19.7. The number of hydrogen-bond donors (Lipinski definition) is 0. The Morgan fingerprint density at radius 2 is 1.79 bits per heavy atom. The largest absolute Gasteiger partial charge is 0.438 e. The number of hydrogen-bond acceptors (Lipinski definition) is 6. The number of halogens is 1. The molecule has 0 atom stereocenters. The molecule has 2 aromatic carbocycles. The number of rotatable bonds is 5. The van der Waals surface area contributed by atoms with Crippen LogP contribution in [0.5, 0.6) is 11.6 Å². The van der Waals surface area contributed by atoms with Gasteiger partial charge < -0.3 is 4.74 Å². The topological polar surface area (TPSA) is 102 Å². The van der Waals surface area contributed by atoms with Crippen LogP contribution in [0.15, 0.2) is 92.0 Å². The van der Waals surface area contributed by atoms with Gasteiger partial charge in [-0.3, -0.25) is 9.20 Å². The minimum atomic E-state index is -4.16. The summed E-state index contributed by atoms with van der Waals surface area (Å²) in [6.07, 6.45) is 2.54. The average Bonchev–Trinajstić information content (AvgIpc) is 2.81. The lowest BCUT2D eigenvalue weighted by Gasteiger charge is -2.12. The molecule has 0 radical (unpaired) electrons. The van der Waals surface area contributed by atoms with E-state index >= 15 is 0 Å². The van der Waals surface area contributed by atoms with Crippen LogP contribution in [0, 0.1) is 18.3 Å². The van der Waals surface area contributed by atoms with Crippen LogP contribution in [0.1, 0.15) is 11.1 Å². The molecule has 0 saturated carbocycles. The number of benzene rings is 2. The van der Waals surface area contributed by atoms with Crippen LogP contribution >= 0.6 is 15.9 Å². The molecule has 0 bridgehead atoms. The van der Waals surface area contributed by atoms with E-state index in [1.807, 2.05) is 0 Å². The van der Waals surface area contributed by atoms with Gasteiger partial charge in [-0.25, -0.2) is 8.42 Å². The van der Waals surface area contributed by atoms with Gasteiger partial charge in [-0.05, 0) is 61.0 Å². The zero-order chi connectivity index (χ0) is 23.6. The highest BCUT2D eigenvalue weighted by Gasteiger charge is 2.23. The molecule has 164 valence electrons. The molecule has 0 N–H and O–H groups in total. The second kappa shape index (κ2) is 9.02. The zero-order valence-electron chi connectivity index (χ0n) is 17.3. The lowest BCUT2D eigenvalue weighted by molar-refractivity contribution is 0.460. The summed E-state index contributed by atoms with van der Waals surface area (Å²) < 4.78 is 34.1. The molecule has 2 heterocycles. The average molecular weight is 522 g/mol. The normalized spacial score (nSPS) is 11.8. The molecule has 9 heteroatoms. The molecule has 0 fully saturated rings. The van der Waals surface area contributed by atoms with E-state index in [9.17, 15) is 18.5 Å². The first kappa shape index (κ1) is 22.5. The molecular weight excluding hydrogens is 506 g/mol.